The Hall–Kier alpha value is -1.82. The summed E-state index contributed by atoms with van der Waals surface area (Å²) < 4.78 is 14.6. The van der Waals surface area contributed by atoms with Crippen LogP contribution in [0.1, 0.15) is 31.3 Å². The van der Waals surface area contributed by atoms with Crippen molar-refractivity contribution >= 4 is 17.7 Å². The average Bonchev–Trinajstić information content (AvgIpc) is 2.80. The van der Waals surface area contributed by atoms with Crippen LogP contribution in [0.25, 0.3) is 5.69 Å². The van der Waals surface area contributed by atoms with Gasteiger partial charge < -0.3 is 5.11 Å². The lowest BCUT2D eigenvalue weighted by Crippen LogP contribution is -2.11. The second kappa shape index (κ2) is 5.89. The minimum atomic E-state index is -1.06. The standard InChI is InChI=1S/C15H17FN2O2S/c1-15(2,3)9-21-14-17-8-12(13(19)20)18(14)11-6-4-10(16)5-7-11/h4-8H,9H2,1-3H3,(H,19,20). The maximum Gasteiger partial charge on any atom is 0.354 e. The summed E-state index contributed by atoms with van der Waals surface area (Å²) >= 11 is 1.49. The Morgan fingerprint density at radius 1 is 1.33 bits per heavy atom. The number of aromatic carboxylic acids is 1. The first-order valence-corrected chi connectivity index (χ1v) is 7.46. The summed E-state index contributed by atoms with van der Waals surface area (Å²) in [7, 11) is 0. The van der Waals surface area contributed by atoms with Gasteiger partial charge in [-0.25, -0.2) is 14.2 Å². The lowest BCUT2D eigenvalue weighted by atomic mass is 10.0. The van der Waals surface area contributed by atoms with Crippen LogP contribution in [0, 0.1) is 11.2 Å². The first-order valence-electron chi connectivity index (χ1n) is 6.48. The minimum absolute atomic E-state index is 0.0676. The third kappa shape index (κ3) is 3.85. The van der Waals surface area contributed by atoms with Crippen molar-refractivity contribution in [3.05, 3.63) is 42.0 Å². The second-order valence-corrected chi connectivity index (χ2v) is 6.83. The van der Waals surface area contributed by atoms with E-state index in [0.29, 0.717) is 10.8 Å². The molecule has 0 saturated carbocycles. The van der Waals surface area contributed by atoms with E-state index in [1.807, 2.05) is 0 Å². The number of rotatable bonds is 4. The molecule has 0 fully saturated rings. The van der Waals surface area contributed by atoms with Crippen molar-refractivity contribution in [3.63, 3.8) is 0 Å². The highest BCUT2D eigenvalue weighted by Crippen LogP contribution is 2.29. The van der Waals surface area contributed by atoms with Crippen molar-refractivity contribution < 1.29 is 14.3 Å². The fraction of sp³-hybridized carbons (Fsp3) is 0.333. The maximum atomic E-state index is 13.0. The maximum absolute atomic E-state index is 13.0. The number of halogens is 1. The number of imidazole rings is 1. The normalized spacial score (nSPS) is 11.6. The summed E-state index contributed by atoms with van der Waals surface area (Å²) in [6.07, 6.45) is 1.33. The monoisotopic (exact) mass is 308 g/mol. The molecule has 0 aliphatic carbocycles. The largest absolute Gasteiger partial charge is 0.477 e. The van der Waals surface area contributed by atoms with Crippen LogP contribution in [0.15, 0.2) is 35.6 Å². The molecular formula is C15H17FN2O2S. The molecule has 0 unspecified atom stereocenters. The van der Waals surface area contributed by atoms with Gasteiger partial charge in [0.1, 0.15) is 5.82 Å². The Morgan fingerprint density at radius 2 is 1.95 bits per heavy atom. The zero-order valence-electron chi connectivity index (χ0n) is 12.1. The molecule has 0 radical (unpaired) electrons. The van der Waals surface area contributed by atoms with Gasteiger partial charge in [0, 0.05) is 11.4 Å². The van der Waals surface area contributed by atoms with E-state index in [2.05, 4.69) is 25.8 Å². The third-order valence-electron chi connectivity index (χ3n) is 2.67. The molecule has 2 aromatic rings. The summed E-state index contributed by atoms with van der Waals surface area (Å²) in [5.41, 5.74) is 0.744. The molecule has 4 nitrogen and oxygen atoms in total. The number of hydrogen-bond acceptors (Lipinski definition) is 3. The number of nitrogens with zero attached hydrogens (tertiary/aromatic N) is 2. The van der Waals surface area contributed by atoms with Crippen molar-refractivity contribution in [2.45, 2.75) is 25.9 Å². The van der Waals surface area contributed by atoms with Crippen molar-refractivity contribution in [3.8, 4) is 5.69 Å². The molecule has 0 aliphatic heterocycles. The van der Waals surface area contributed by atoms with Gasteiger partial charge in [-0.1, -0.05) is 32.5 Å². The Balaban J connectivity index is 2.42. The zero-order chi connectivity index (χ0) is 15.6. The Bertz CT molecular complexity index is 645. The number of carbonyl (C=O) groups is 1. The highest BCUT2D eigenvalue weighted by molar-refractivity contribution is 7.99. The van der Waals surface area contributed by atoms with Gasteiger partial charge in [-0.15, -0.1) is 0 Å². The fourth-order valence-electron chi connectivity index (χ4n) is 1.71. The van der Waals surface area contributed by atoms with E-state index in [1.54, 1.807) is 12.1 Å². The van der Waals surface area contributed by atoms with Crippen LogP contribution in [0.5, 0.6) is 0 Å². The van der Waals surface area contributed by atoms with E-state index in [4.69, 9.17) is 0 Å². The molecule has 21 heavy (non-hydrogen) atoms. The van der Waals surface area contributed by atoms with Gasteiger partial charge in [-0.2, -0.15) is 0 Å². The van der Waals surface area contributed by atoms with Gasteiger partial charge in [0.15, 0.2) is 10.9 Å². The summed E-state index contributed by atoms with van der Waals surface area (Å²) in [4.78, 5) is 15.5. The van der Waals surface area contributed by atoms with Crippen LogP contribution in [-0.4, -0.2) is 26.4 Å². The summed E-state index contributed by atoms with van der Waals surface area (Å²) in [5.74, 6) is -0.626. The average molecular weight is 308 g/mol. The first kappa shape index (κ1) is 15.6. The molecule has 1 aromatic heterocycles. The van der Waals surface area contributed by atoms with Crippen molar-refractivity contribution in [2.75, 3.05) is 5.75 Å². The van der Waals surface area contributed by atoms with Gasteiger partial charge >= 0.3 is 5.97 Å². The number of thioether (sulfide) groups is 1. The second-order valence-electron chi connectivity index (χ2n) is 5.89. The molecule has 6 heteroatoms. The van der Waals surface area contributed by atoms with Crippen LogP contribution in [-0.2, 0) is 0 Å². The minimum Gasteiger partial charge on any atom is -0.477 e. The van der Waals surface area contributed by atoms with Crippen LogP contribution >= 0.6 is 11.8 Å². The molecule has 0 spiro atoms. The molecule has 1 N–H and O–H groups in total. The van der Waals surface area contributed by atoms with Crippen molar-refractivity contribution in [2.24, 2.45) is 5.41 Å². The summed E-state index contributed by atoms with van der Waals surface area (Å²) in [5, 5.41) is 9.87. The number of hydrogen-bond donors (Lipinski definition) is 1. The van der Waals surface area contributed by atoms with Crippen LogP contribution in [0.4, 0.5) is 4.39 Å². The quantitative estimate of drug-likeness (QED) is 0.872. The topological polar surface area (TPSA) is 55.1 Å². The zero-order valence-corrected chi connectivity index (χ0v) is 12.9. The lowest BCUT2D eigenvalue weighted by Gasteiger charge is -2.17. The highest BCUT2D eigenvalue weighted by Gasteiger charge is 2.19. The van der Waals surface area contributed by atoms with Crippen molar-refractivity contribution in [1.82, 2.24) is 9.55 Å². The molecule has 2 rings (SSSR count). The molecule has 112 valence electrons. The van der Waals surface area contributed by atoms with Gasteiger partial charge in [0.2, 0.25) is 0 Å². The van der Waals surface area contributed by atoms with Gasteiger partial charge in [0.05, 0.1) is 6.20 Å². The molecule has 0 saturated heterocycles. The Kier molecular flexibility index (Phi) is 4.37. The third-order valence-corrected chi connectivity index (χ3v) is 4.22. The lowest BCUT2D eigenvalue weighted by molar-refractivity contribution is 0.0687. The van der Waals surface area contributed by atoms with Crippen molar-refractivity contribution in [1.29, 1.82) is 0 Å². The van der Waals surface area contributed by atoms with E-state index in [-0.39, 0.29) is 16.9 Å². The molecule has 0 amide bonds. The van der Waals surface area contributed by atoms with Crippen LogP contribution in [0.2, 0.25) is 0 Å². The van der Waals surface area contributed by atoms with Gasteiger partial charge in [-0.3, -0.25) is 4.57 Å². The smallest absolute Gasteiger partial charge is 0.354 e. The summed E-state index contributed by atoms with van der Waals surface area (Å²) in [6, 6.07) is 5.70. The number of benzene rings is 1. The number of carboxylic acids is 1. The van der Waals surface area contributed by atoms with Crippen LogP contribution in [0.3, 0.4) is 0 Å². The first-order chi connectivity index (χ1) is 9.78. The number of carboxylic acid groups (broad SMARTS) is 1. The van der Waals surface area contributed by atoms with E-state index in [1.165, 1.54) is 34.7 Å². The van der Waals surface area contributed by atoms with E-state index >= 15 is 0 Å². The number of aromatic nitrogens is 2. The fourth-order valence-corrected chi connectivity index (χ4v) is 2.73. The highest BCUT2D eigenvalue weighted by atomic mass is 32.2. The summed E-state index contributed by atoms with van der Waals surface area (Å²) in [6.45, 7) is 6.30. The molecular weight excluding hydrogens is 291 g/mol. The molecule has 0 atom stereocenters. The van der Waals surface area contributed by atoms with E-state index in [9.17, 15) is 14.3 Å². The van der Waals surface area contributed by atoms with Gasteiger partial charge in [-0.05, 0) is 29.7 Å². The molecule has 1 aromatic carbocycles. The Labute approximate surface area is 127 Å². The van der Waals surface area contributed by atoms with Crippen LogP contribution < -0.4 is 0 Å². The SMILES string of the molecule is CC(C)(C)CSc1ncc(C(=O)O)n1-c1ccc(F)cc1. The molecule has 0 aliphatic rings. The molecule has 1 heterocycles. The Morgan fingerprint density at radius 3 is 2.48 bits per heavy atom. The predicted molar refractivity (Wildman–Crippen MR) is 80.7 cm³/mol. The van der Waals surface area contributed by atoms with E-state index in [0.717, 1.165) is 5.75 Å². The van der Waals surface area contributed by atoms with Gasteiger partial charge in [0.25, 0.3) is 0 Å². The molecule has 0 bridgehead atoms. The van der Waals surface area contributed by atoms with E-state index < -0.39 is 5.97 Å². The predicted octanol–water partition coefficient (Wildman–Crippen LogP) is 3.85.